The Labute approximate surface area is 134 Å². The number of aliphatic hydroxyl groups excluding tert-OH is 1. The van der Waals surface area contributed by atoms with Crippen LogP contribution in [0.4, 0.5) is 0 Å². The van der Waals surface area contributed by atoms with E-state index in [0.29, 0.717) is 0 Å². The number of phenols is 1. The second kappa shape index (κ2) is 5.44. The molecular weight excluding hydrogens is 294 g/mol. The Balaban J connectivity index is 1.66. The predicted octanol–water partition coefficient (Wildman–Crippen LogP) is 2.43. The van der Waals surface area contributed by atoms with Gasteiger partial charge >= 0.3 is 0 Å². The van der Waals surface area contributed by atoms with E-state index in [2.05, 4.69) is 5.32 Å². The van der Waals surface area contributed by atoms with E-state index in [1.165, 1.54) is 0 Å². The van der Waals surface area contributed by atoms with Crippen LogP contribution < -0.4 is 14.8 Å². The SMILES string of the molecule is C[C@@H]1NC(Cc2ccc3c(c2)OCO3)c2ccc(O)cc2[C@H]1O. The fourth-order valence-electron chi connectivity index (χ4n) is 3.38. The van der Waals surface area contributed by atoms with Gasteiger partial charge in [0.1, 0.15) is 5.75 Å². The Morgan fingerprint density at radius 1 is 1.09 bits per heavy atom. The molecule has 5 heteroatoms. The van der Waals surface area contributed by atoms with Gasteiger partial charge in [-0.25, -0.2) is 0 Å². The third-order valence-corrected chi connectivity index (χ3v) is 4.58. The van der Waals surface area contributed by atoms with Crippen LogP contribution in [-0.2, 0) is 6.42 Å². The number of hydrogen-bond donors (Lipinski definition) is 3. The van der Waals surface area contributed by atoms with E-state index in [0.717, 1.165) is 34.6 Å². The molecule has 0 amide bonds. The van der Waals surface area contributed by atoms with Crippen molar-refractivity contribution in [2.45, 2.75) is 31.5 Å². The van der Waals surface area contributed by atoms with Crippen LogP contribution in [0, 0.1) is 0 Å². The second-order valence-corrected chi connectivity index (χ2v) is 6.16. The quantitative estimate of drug-likeness (QED) is 0.794. The van der Waals surface area contributed by atoms with Crippen LogP contribution in [0.15, 0.2) is 36.4 Å². The summed E-state index contributed by atoms with van der Waals surface area (Å²) < 4.78 is 10.8. The van der Waals surface area contributed by atoms with Crippen LogP contribution in [0.2, 0.25) is 0 Å². The van der Waals surface area contributed by atoms with Crippen LogP contribution in [0.25, 0.3) is 0 Å². The topological polar surface area (TPSA) is 71.0 Å². The molecule has 0 spiro atoms. The highest BCUT2D eigenvalue weighted by Crippen LogP contribution is 2.38. The summed E-state index contributed by atoms with van der Waals surface area (Å²) in [6.45, 7) is 2.22. The molecular formula is C18H19NO4. The molecule has 0 saturated heterocycles. The lowest BCUT2D eigenvalue weighted by Crippen LogP contribution is -2.41. The molecule has 120 valence electrons. The van der Waals surface area contributed by atoms with Gasteiger partial charge in [0.25, 0.3) is 0 Å². The van der Waals surface area contributed by atoms with Crippen LogP contribution in [0.5, 0.6) is 17.2 Å². The van der Waals surface area contributed by atoms with Crippen molar-refractivity contribution in [3.8, 4) is 17.2 Å². The second-order valence-electron chi connectivity index (χ2n) is 6.16. The number of aromatic hydroxyl groups is 1. The van der Waals surface area contributed by atoms with Gasteiger partial charge in [-0.3, -0.25) is 0 Å². The van der Waals surface area contributed by atoms with Gasteiger partial charge in [0.05, 0.1) is 6.10 Å². The first-order valence-corrected chi connectivity index (χ1v) is 7.77. The molecule has 0 aliphatic carbocycles. The predicted molar refractivity (Wildman–Crippen MR) is 84.7 cm³/mol. The summed E-state index contributed by atoms with van der Waals surface area (Å²) in [5.41, 5.74) is 2.95. The van der Waals surface area contributed by atoms with Gasteiger partial charge in [-0.15, -0.1) is 0 Å². The molecule has 4 rings (SSSR count). The van der Waals surface area contributed by atoms with Gasteiger partial charge < -0.3 is 25.0 Å². The number of hydrogen-bond acceptors (Lipinski definition) is 5. The van der Waals surface area contributed by atoms with Gasteiger partial charge in [0.15, 0.2) is 11.5 Å². The van der Waals surface area contributed by atoms with Crippen molar-refractivity contribution >= 4 is 0 Å². The number of rotatable bonds is 2. The van der Waals surface area contributed by atoms with Gasteiger partial charge in [-0.1, -0.05) is 12.1 Å². The number of fused-ring (bicyclic) bond motifs is 2. The minimum absolute atomic E-state index is 0.0735. The van der Waals surface area contributed by atoms with Gasteiger partial charge in [-0.2, -0.15) is 0 Å². The lowest BCUT2D eigenvalue weighted by molar-refractivity contribution is 0.115. The Morgan fingerprint density at radius 2 is 1.91 bits per heavy atom. The summed E-state index contributed by atoms with van der Waals surface area (Å²) >= 11 is 0. The molecule has 2 aromatic rings. The number of phenolic OH excluding ortho intramolecular Hbond substituents is 1. The summed E-state index contributed by atoms with van der Waals surface area (Å²) in [6.07, 6.45) is 0.149. The fourth-order valence-corrected chi connectivity index (χ4v) is 3.38. The smallest absolute Gasteiger partial charge is 0.231 e. The normalized spacial score (nSPS) is 25.2. The summed E-state index contributed by atoms with van der Waals surface area (Å²) in [5.74, 6) is 1.73. The maximum absolute atomic E-state index is 10.4. The number of nitrogens with one attached hydrogen (secondary N) is 1. The minimum Gasteiger partial charge on any atom is -0.508 e. The Hall–Kier alpha value is -2.24. The van der Waals surface area contributed by atoms with Crippen molar-refractivity contribution in [1.82, 2.24) is 5.32 Å². The highest BCUT2D eigenvalue weighted by Gasteiger charge is 2.31. The lowest BCUT2D eigenvalue weighted by Gasteiger charge is -2.35. The molecule has 2 heterocycles. The molecule has 5 nitrogen and oxygen atoms in total. The van der Waals surface area contributed by atoms with E-state index in [1.807, 2.05) is 31.2 Å². The zero-order valence-electron chi connectivity index (χ0n) is 12.8. The molecule has 0 saturated carbocycles. The molecule has 0 aromatic heterocycles. The van der Waals surface area contributed by atoms with Crippen molar-refractivity contribution in [3.63, 3.8) is 0 Å². The summed E-state index contributed by atoms with van der Waals surface area (Å²) in [6, 6.07) is 11.2. The van der Waals surface area contributed by atoms with E-state index in [1.54, 1.807) is 12.1 Å². The standard InChI is InChI=1S/C18H19NO4/c1-10-18(21)14-8-12(20)3-4-13(14)15(19-10)6-11-2-5-16-17(7-11)23-9-22-16/h2-5,7-8,10,15,18-21H,6,9H2,1H3/t10-,15?,18-/m0/s1. The first-order valence-electron chi connectivity index (χ1n) is 7.77. The average Bonchev–Trinajstić information content (AvgIpc) is 3.00. The summed E-state index contributed by atoms with van der Waals surface area (Å²) in [5, 5.41) is 23.5. The van der Waals surface area contributed by atoms with Crippen molar-refractivity contribution in [2.24, 2.45) is 0 Å². The Kier molecular flexibility index (Phi) is 3.39. The molecule has 2 aromatic carbocycles. The average molecular weight is 313 g/mol. The van der Waals surface area contributed by atoms with Crippen molar-refractivity contribution in [2.75, 3.05) is 6.79 Å². The van der Waals surface area contributed by atoms with Crippen molar-refractivity contribution in [1.29, 1.82) is 0 Å². The fraction of sp³-hybridized carbons (Fsp3) is 0.333. The van der Waals surface area contributed by atoms with Crippen molar-refractivity contribution < 1.29 is 19.7 Å². The first kappa shape index (κ1) is 14.4. The van der Waals surface area contributed by atoms with E-state index < -0.39 is 6.10 Å². The molecule has 0 fully saturated rings. The van der Waals surface area contributed by atoms with E-state index >= 15 is 0 Å². The van der Waals surface area contributed by atoms with Gasteiger partial charge in [0, 0.05) is 12.1 Å². The molecule has 1 unspecified atom stereocenters. The van der Waals surface area contributed by atoms with Crippen LogP contribution >= 0.6 is 0 Å². The van der Waals surface area contributed by atoms with Crippen molar-refractivity contribution in [3.05, 3.63) is 53.1 Å². The van der Waals surface area contributed by atoms with E-state index in [4.69, 9.17) is 9.47 Å². The van der Waals surface area contributed by atoms with Gasteiger partial charge in [0.2, 0.25) is 6.79 Å². The molecule has 23 heavy (non-hydrogen) atoms. The highest BCUT2D eigenvalue weighted by atomic mass is 16.7. The van der Waals surface area contributed by atoms with Crippen LogP contribution in [0.3, 0.4) is 0 Å². The van der Waals surface area contributed by atoms with E-state index in [9.17, 15) is 10.2 Å². The molecule has 0 bridgehead atoms. The van der Waals surface area contributed by atoms with Crippen LogP contribution in [0.1, 0.15) is 35.8 Å². The molecule has 2 aliphatic heterocycles. The number of benzene rings is 2. The number of aliphatic hydroxyl groups is 1. The third-order valence-electron chi connectivity index (χ3n) is 4.58. The van der Waals surface area contributed by atoms with E-state index in [-0.39, 0.29) is 24.6 Å². The third kappa shape index (κ3) is 2.52. The van der Waals surface area contributed by atoms with Crippen LogP contribution in [-0.4, -0.2) is 23.0 Å². The zero-order valence-corrected chi connectivity index (χ0v) is 12.8. The molecule has 2 aliphatic rings. The summed E-state index contributed by atoms with van der Waals surface area (Å²) in [7, 11) is 0. The lowest BCUT2D eigenvalue weighted by atomic mass is 9.85. The molecule has 3 atom stereocenters. The number of ether oxygens (including phenoxy) is 2. The maximum Gasteiger partial charge on any atom is 0.231 e. The Bertz CT molecular complexity index is 746. The first-order chi connectivity index (χ1) is 11.1. The maximum atomic E-state index is 10.4. The highest BCUT2D eigenvalue weighted by molar-refractivity contribution is 5.46. The zero-order chi connectivity index (χ0) is 16.0. The molecule has 0 radical (unpaired) electrons. The van der Waals surface area contributed by atoms with Gasteiger partial charge in [-0.05, 0) is 54.3 Å². The largest absolute Gasteiger partial charge is 0.508 e. The molecule has 3 N–H and O–H groups in total. The summed E-state index contributed by atoms with van der Waals surface area (Å²) in [4.78, 5) is 0. The minimum atomic E-state index is -0.620. The monoisotopic (exact) mass is 313 g/mol. The Morgan fingerprint density at radius 3 is 2.78 bits per heavy atom.